The highest BCUT2D eigenvalue weighted by atomic mass is 32.2. The monoisotopic (exact) mass is 478 g/mol. The Morgan fingerprint density at radius 2 is 1.50 bits per heavy atom. The number of hydrogen-bond acceptors (Lipinski definition) is 4. The van der Waals surface area contributed by atoms with Crippen molar-refractivity contribution in [3.63, 3.8) is 0 Å². The van der Waals surface area contributed by atoms with E-state index in [1.165, 1.54) is 18.4 Å². The van der Waals surface area contributed by atoms with Crippen molar-refractivity contribution >= 4 is 31.8 Å². The van der Waals surface area contributed by atoms with Gasteiger partial charge in [0.2, 0.25) is 10.0 Å². The van der Waals surface area contributed by atoms with Crippen molar-refractivity contribution in [1.29, 1.82) is 0 Å². The summed E-state index contributed by atoms with van der Waals surface area (Å²) in [6, 6.07) is 23.8. The first kappa shape index (κ1) is 22.3. The molecule has 5 rings (SSSR count). The third-order valence-corrected chi connectivity index (χ3v) is 7.68. The number of benzene rings is 3. The molecule has 0 bridgehead atoms. The number of para-hydroxylation sites is 2. The number of fused-ring (bicyclic) bond motifs is 3. The Balaban J connectivity index is 1.47. The highest BCUT2D eigenvalue weighted by Gasteiger charge is 2.28. The van der Waals surface area contributed by atoms with Crippen molar-refractivity contribution in [3.05, 3.63) is 103 Å². The Labute approximate surface area is 196 Å². The number of hydrogen-bond donors (Lipinski definition) is 1. The molecule has 1 atom stereocenters. The van der Waals surface area contributed by atoms with E-state index in [0.29, 0.717) is 5.76 Å². The maximum Gasteiger partial charge on any atom is 0.243 e. The molecule has 1 N–H and O–H groups in total. The zero-order valence-electron chi connectivity index (χ0n) is 18.2. The van der Waals surface area contributed by atoms with E-state index in [9.17, 15) is 17.9 Å². The van der Waals surface area contributed by atoms with Gasteiger partial charge >= 0.3 is 0 Å². The first-order valence-corrected chi connectivity index (χ1v) is 12.3. The molecule has 0 aliphatic carbocycles. The summed E-state index contributed by atoms with van der Waals surface area (Å²) in [6.07, 6.45) is 0.455. The lowest BCUT2D eigenvalue weighted by Crippen LogP contribution is -2.38. The number of aromatic nitrogens is 1. The van der Waals surface area contributed by atoms with Gasteiger partial charge in [-0.05, 0) is 48.5 Å². The van der Waals surface area contributed by atoms with E-state index < -0.39 is 21.9 Å². The molecule has 0 amide bonds. The van der Waals surface area contributed by atoms with Gasteiger partial charge < -0.3 is 14.1 Å². The molecule has 2 aromatic heterocycles. The molecule has 3 aromatic carbocycles. The summed E-state index contributed by atoms with van der Waals surface area (Å²) in [7, 11) is -4.02. The maximum absolute atomic E-state index is 13.4. The second kappa shape index (κ2) is 9.06. The van der Waals surface area contributed by atoms with Crippen molar-refractivity contribution in [2.24, 2.45) is 0 Å². The van der Waals surface area contributed by atoms with Crippen LogP contribution in [0.15, 0.2) is 101 Å². The fourth-order valence-corrected chi connectivity index (χ4v) is 5.73. The topological polar surface area (TPSA) is 75.7 Å². The molecule has 0 saturated carbocycles. The molecule has 5 aromatic rings. The largest absolute Gasteiger partial charge is 0.468 e. The molecule has 0 aliphatic heterocycles. The van der Waals surface area contributed by atoms with Crippen molar-refractivity contribution < 1.29 is 22.3 Å². The van der Waals surface area contributed by atoms with Gasteiger partial charge in [-0.1, -0.05) is 36.4 Å². The van der Waals surface area contributed by atoms with Gasteiger partial charge in [-0.3, -0.25) is 0 Å². The summed E-state index contributed by atoms with van der Waals surface area (Å²) in [5.74, 6) is -0.0855. The number of aliphatic hydroxyl groups excluding tert-OH is 1. The van der Waals surface area contributed by atoms with Gasteiger partial charge in [-0.15, -0.1) is 0 Å². The predicted octanol–water partition coefficient (Wildman–Crippen LogP) is 4.78. The molecule has 0 radical (unpaired) electrons. The second-order valence-corrected chi connectivity index (χ2v) is 10.1. The van der Waals surface area contributed by atoms with Gasteiger partial charge in [0.05, 0.1) is 30.4 Å². The number of rotatable bonds is 8. The van der Waals surface area contributed by atoms with Crippen LogP contribution in [0.5, 0.6) is 0 Å². The van der Waals surface area contributed by atoms with Crippen LogP contribution in [-0.4, -0.2) is 35.0 Å². The van der Waals surface area contributed by atoms with E-state index in [0.717, 1.165) is 38.2 Å². The Kier molecular flexibility index (Phi) is 5.95. The fraction of sp³-hybridized carbons (Fsp3) is 0.154. The highest BCUT2D eigenvalue weighted by Crippen LogP contribution is 2.29. The predicted molar refractivity (Wildman–Crippen MR) is 128 cm³/mol. The van der Waals surface area contributed by atoms with Gasteiger partial charge in [0.15, 0.2) is 0 Å². The third kappa shape index (κ3) is 4.23. The molecule has 0 fully saturated rings. The summed E-state index contributed by atoms with van der Waals surface area (Å²) < 4.78 is 48.7. The smallest absolute Gasteiger partial charge is 0.243 e. The lowest BCUT2D eigenvalue weighted by atomic mass is 10.2. The van der Waals surface area contributed by atoms with Crippen molar-refractivity contribution in [2.75, 3.05) is 6.54 Å². The zero-order chi connectivity index (χ0) is 23.7. The quantitative estimate of drug-likeness (QED) is 0.348. The Hall–Kier alpha value is -3.46. The van der Waals surface area contributed by atoms with E-state index in [2.05, 4.69) is 0 Å². The van der Waals surface area contributed by atoms with Gasteiger partial charge in [0.1, 0.15) is 11.6 Å². The van der Waals surface area contributed by atoms with Crippen LogP contribution in [-0.2, 0) is 23.1 Å². The van der Waals surface area contributed by atoms with Crippen LogP contribution in [0.25, 0.3) is 21.8 Å². The van der Waals surface area contributed by atoms with Crippen LogP contribution in [0.2, 0.25) is 0 Å². The van der Waals surface area contributed by atoms with Crippen LogP contribution >= 0.6 is 0 Å². The molecular weight excluding hydrogens is 455 g/mol. The molecule has 0 saturated heterocycles. The van der Waals surface area contributed by atoms with E-state index in [4.69, 9.17) is 4.42 Å². The van der Waals surface area contributed by atoms with Gasteiger partial charge in [0.25, 0.3) is 0 Å². The van der Waals surface area contributed by atoms with Crippen molar-refractivity contribution in [3.8, 4) is 0 Å². The average Bonchev–Trinajstić information content (AvgIpc) is 3.46. The fourth-order valence-electron chi connectivity index (χ4n) is 4.28. The second-order valence-electron chi connectivity index (χ2n) is 8.13. The summed E-state index contributed by atoms with van der Waals surface area (Å²) in [5.41, 5.74) is 1.92. The third-order valence-electron chi connectivity index (χ3n) is 5.85. The maximum atomic E-state index is 13.4. The number of furan rings is 1. The molecule has 34 heavy (non-hydrogen) atoms. The Bertz CT molecular complexity index is 1470. The van der Waals surface area contributed by atoms with E-state index in [-0.39, 0.29) is 24.5 Å². The first-order chi connectivity index (χ1) is 16.4. The summed E-state index contributed by atoms with van der Waals surface area (Å²) in [5, 5.41) is 13.2. The minimum absolute atomic E-state index is 0.0514. The van der Waals surface area contributed by atoms with Crippen molar-refractivity contribution in [2.45, 2.75) is 24.1 Å². The minimum Gasteiger partial charge on any atom is -0.468 e. The van der Waals surface area contributed by atoms with Crippen LogP contribution in [0.3, 0.4) is 0 Å². The first-order valence-electron chi connectivity index (χ1n) is 10.9. The van der Waals surface area contributed by atoms with E-state index in [1.807, 2.05) is 53.1 Å². The zero-order valence-corrected chi connectivity index (χ0v) is 19.0. The highest BCUT2D eigenvalue weighted by molar-refractivity contribution is 7.89. The lowest BCUT2D eigenvalue weighted by molar-refractivity contribution is 0.126. The van der Waals surface area contributed by atoms with Gasteiger partial charge in [-0.25, -0.2) is 12.8 Å². The SMILES string of the molecule is O=S(=O)(c1ccc(F)cc1)N(Cc1ccco1)C[C@@H](O)Cn1c2ccccc2c2ccccc21. The summed E-state index contributed by atoms with van der Waals surface area (Å²) in [4.78, 5) is -0.0514. The molecule has 6 nitrogen and oxygen atoms in total. The molecule has 174 valence electrons. The van der Waals surface area contributed by atoms with E-state index >= 15 is 0 Å². The van der Waals surface area contributed by atoms with Gasteiger partial charge in [0, 0.05) is 28.4 Å². The minimum atomic E-state index is -4.02. The van der Waals surface area contributed by atoms with Crippen LogP contribution in [0, 0.1) is 5.82 Å². The summed E-state index contributed by atoms with van der Waals surface area (Å²) >= 11 is 0. The Morgan fingerprint density at radius 1 is 0.882 bits per heavy atom. The number of sulfonamides is 1. The molecule has 0 spiro atoms. The van der Waals surface area contributed by atoms with E-state index in [1.54, 1.807) is 12.1 Å². The van der Waals surface area contributed by atoms with Crippen LogP contribution < -0.4 is 0 Å². The normalized spacial score (nSPS) is 13.1. The average molecular weight is 479 g/mol. The van der Waals surface area contributed by atoms with Crippen LogP contribution in [0.4, 0.5) is 4.39 Å². The Morgan fingerprint density at radius 3 is 2.09 bits per heavy atom. The molecular formula is C26H23FN2O4S. The van der Waals surface area contributed by atoms with Gasteiger partial charge in [-0.2, -0.15) is 4.31 Å². The molecule has 0 unspecified atom stereocenters. The summed E-state index contributed by atoms with van der Waals surface area (Å²) in [6.45, 7) is -0.0280. The van der Waals surface area contributed by atoms with Crippen molar-refractivity contribution in [1.82, 2.24) is 8.87 Å². The molecule has 0 aliphatic rings. The molecule has 2 heterocycles. The number of nitrogens with zero attached hydrogens (tertiary/aromatic N) is 2. The van der Waals surface area contributed by atoms with Crippen LogP contribution in [0.1, 0.15) is 5.76 Å². The lowest BCUT2D eigenvalue weighted by Gasteiger charge is -2.24. The molecule has 8 heteroatoms. The number of halogens is 1. The standard InChI is InChI=1S/C26H23FN2O4S/c27-19-11-13-22(14-12-19)34(31,32)28(18-21-6-5-15-33-21)16-20(30)17-29-25-9-3-1-7-23(25)24-8-2-4-10-26(24)29/h1-15,20,30H,16-18H2/t20-/m1/s1. The number of aliphatic hydroxyl groups is 1.